The van der Waals surface area contributed by atoms with Crippen molar-refractivity contribution in [2.75, 3.05) is 25.6 Å². The number of ether oxygens (including phenoxy) is 1. The van der Waals surface area contributed by atoms with Gasteiger partial charge in [0.15, 0.2) is 4.34 Å². The second-order valence-electron chi connectivity index (χ2n) is 3.08. The molecule has 1 atom stereocenters. The summed E-state index contributed by atoms with van der Waals surface area (Å²) in [6.45, 7) is 1.76. The summed E-state index contributed by atoms with van der Waals surface area (Å²) in [5.41, 5.74) is 0. The molecule has 1 aromatic rings. The molecule has 1 aliphatic rings. The number of rotatable bonds is 3. The number of hydrogen-bond acceptors (Lipinski definition) is 6. The van der Waals surface area contributed by atoms with E-state index in [9.17, 15) is 0 Å². The lowest BCUT2D eigenvalue weighted by Gasteiger charge is -2.19. The molecule has 1 unspecified atom stereocenters. The van der Waals surface area contributed by atoms with Crippen LogP contribution in [0.2, 0.25) is 0 Å². The summed E-state index contributed by atoms with van der Waals surface area (Å²) < 4.78 is 6.44. The molecule has 6 heteroatoms. The minimum Gasteiger partial charge on any atom is -0.380 e. The summed E-state index contributed by atoms with van der Waals surface area (Å²) >= 11 is 3.38. The summed E-state index contributed by atoms with van der Waals surface area (Å²) in [6.07, 6.45) is 2.38. The normalized spacial score (nSPS) is 22.2. The van der Waals surface area contributed by atoms with E-state index >= 15 is 0 Å². The summed E-state index contributed by atoms with van der Waals surface area (Å²) in [4.78, 5) is 0. The van der Waals surface area contributed by atoms with E-state index in [2.05, 4.69) is 15.5 Å². The molecule has 1 aromatic heterocycles. The lowest BCUT2D eigenvalue weighted by atomic mass is 10.2. The van der Waals surface area contributed by atoms with Crippen LogP contribution in [0.5, 0.6) is 0 Å². The topological polar surface area (TPSA) is 47.0 Å². The van der Waals surface area contributed by atoms with Crippen LogP contribution < -0.4 is 5.32 Å². The maximum absolute atomic E-state index is 5.41. The quantitative estimate of drug-likeness (QED) is 0.860. The van der Waals surface area contributed by atoms with Crippen LogP contribution in [0.4, 0.5) is 5.13 Å². The highest BCUT2D eigenvalue weighted by molar-refractivity contribution is 8.01. The minimum absolute atomic E-state index is 0.557. The molecule has 2 heterocycles. The van der Waals surface area contributed by atoms with E-state index in [4.69, 9.17) is 4.74 Å². The van der Waals surface area contributed by atoms with Crippen molar-refractivity contribution in [3.8, 4) is 0 Å². The number of nitrogens with one attached hydrogen (secondary N) is 1. The molecule has 0 spiro atoms. The van der Waals surface area contributed by atoms with Crippen molar-refractivity contribution in [3.05, 3.63) is 0 Å². The molecule has 0 bridgehead atoms. The fourth-order valence-corrected chi connectivity index (χ4v) is 3.40. The molecule has 0 saturated carbocycles. The van der Waals surface area contributed by atoms with Crippen LogP contribution in [-0.2, 0) is 4.74 Å². The summed E-state index contributed by atoms with van der Waals surface area (Å²) in [6, 6.07) is 0. The first-order valence-electron chi connectivity index (χ1n) is 4.64. The molecule has 78 valence electrons. The van der Waals surface area contributed by atoms with Crippen LogP contribution >= 0.6 is 23.1 Å². The van der Waals surface area contributed by atoms with Gasteiger partial charge in [-0.2, -0.15) is 0 Å². The third-order valence-electron chi connectivity index (χ3n) is 2.01. The fourth-order valence-electron chi connectivity index (χ4n) is 1.31. The van der Waals surface area contributed by atoms with Crippen molar-refractivity contribution in [2.45, 2.75) is 22.4 Å². The van der Waals surface area contributed by atoms with Gasteiger partial charge in [0, 0.05) is 18.9 Å². The monoisotopic (exact) mass is 231 g/mol. The maximum Gasteiger partial charge on any atom is 0.206 e. The van der Waals surface area contributed by atoms with Crippen LogP contribution in [0.25, 0.3) is 0 Å². The Morgan fingerprint density at radius 1 is 1.57 bits per heavy atom. The Hall–Kier alpha value is -0.330. The van der Waals surface area contributed by atoms with Gasteiger partial charge in [-0.3, -0.25) is 0 Å². The number of nitrogens with zero attached hydrogens (tertiary/aromatic N) is 2. The van der Waals surface area contributed by atoms with Crippen molar-refractivity contribution >= 4 is 28.2 Å². The smallest absolute Gasteiger partial charge is 0.206 e. The molecule has 1 saturated heterocycles. The Kier molecular flexibility index (Phi) is 3.61. The summed E-state index contributed by atoms with van der Waals surface area (Å²) in [7, 11) is 1.86. The molecule has 0 aromatic carbocycles. The fraction of sp³-hybridized carbons (Fsp3) is 0.750. The Morgan fingerprint density at radius 3 is 3.14 bits per heavy atom. The Labute approximate surface area is 91.4 Å². The van der Waals surface area contributed by atoms with E-state index in [1.54, 1.807) is 23.1 Å². The molecule has 1 N–H and O–H groups in total. The molecular weight excluding hydrogens is 218 g/mol. The molecule has 2 rings (SSSR count). The van der Waals surface area contributed by atoms with Gasteiger partial charge < -0.3 is 10.1 Å². The average Bonchev–Trinajstić information content (AvgIpc) is 2.67. The van der Waals surface area contributed by atoms with Crippen LogP contribution in [-0.4, -0.2) is 35.7 Å². The summed E-state index contributed by atoms with van der Waals surface area (Å²) in [5.74, 6) is 0. The highest BCUT2D eigenvalue weighted by atomic mass is 32.2. The molecule has 0 radical (unpaired) electrons. The second-order valence-corrected chi connectivity index (χ2v) is 5.61. The van der Waals surface area contributed by atoms with Crippen molar-refractivity contribution in [3.63, 3.8) is 0 Å². The lowest BCUT2D eigenvalue weighted by molar-refractivity contribution is 0.101. The van der Waals surface area contributed by atoms with Gasteiger partial charge in [-0.25, -0.2) is 0 Å². The predicted octanol–water partition coefficient (Wildman–Crippen LogP) is 1.85. The maximum atomic E-state index is 5.41. The van der Waals surface area contributed by atoms with Crippen LogP contribution in [0.3, 0.4) is 0 Å². The SMILES string of the molecule is CNc1nnc(SC2CCCOC2)s1. The van der Waals surface area contributed by atoms with Crippen LogP contribution in [0.15, 0.2) is 4.34 Å². The van der Waals surface area contributed by atoms with Crippen molar-refractivity contribution in [1.29, 1.82) is 0 Å². The number of aromatic nitrogens is 2. The van der Waals surface area contributed by atoms with Gasteiger partial charge in [0.2, 0.25) is 5.13 Å². The predicted molar refractivity (Wildman–Crippen MR) is 59.2 cm³/mol. The molecule has 0 amide bonds. The van der Waals surface area contributed by atoms with Gasteiger partial charge in [-0.05, 0) is 12.8 Å². The zero-order chi connectivity index (χ0) is 9.80. The first kappa shape index (κ1) is 10.2. The first-order chi connectivity index (χ1) is 6.88. The standard InChI is InChI=1S/C8H13N3OS2/c1-9-7-10-11-8(14-7)13-6-3-2-4-12-5-6/h6H,2-5H2,1H3,(H,9,10). The largest absolute Gasteiger partial charge is 0.380 e. The summed E-state index contributed by atoms with van der Waals surface area (Å²) in [5, 5.41) is 12.5. The number of thioether (sulfide) groups is 1. The molecule has 1 fully saturated rings. The zero-order valence-corrected chi connectivity index (χ0v) is 9.66. The van der Waals surface area contributed by atoms with Gasteiger partial charge in [-0.1, -0.05) is 23.1 Å². The van der Waals surface area contributed by atoms with Gasteiger partial charge in [0.1, 0.15) is 0 Å². The van der Waals surface area contributed by atoms with Gasteiger partial charge in [0.05, 0.1) is 6.61 Å². The second kappa shape index (κ2) is 4.95. The Balaban J connectivity index is 1.89. The van der Waals surface area contributed by atoms with Crippen LogP contribution in [0.1, 0.15) is 12.8 Å². The average molecular weight is 231 g/mol. The van der Waals surface area contributed by atoms with Crippen molar-refractivity contribution < 1.29 is 4.74 Å². The lowest BCUT2D eigenvalue weighted by Crippen LogP contribution is -2.18. The molecule has 0 aliphatic carbocycles. The first-order valence-corrected chi connectivity index (χ1v) is 6.34. The van der Waals surface area contributed by atoms with E-state index in [0.29, 0.717) is 5.25 Å². The van der Waals surface area contributed by atoms with Gasteiger partial charge in [-0.15, -0.1) is 10.2 Å². The molecular formula is C8H13N3OS2. The minimum atomic E-state index is 0.557. The van der Waals surface area contributed by atoms with Gasteiger partial charge >= 0.3 is 0 Å². The van der Waals surface area contributed by atoms with E-state index in [0.717, 1.165) is 29.1 Å². The third-order valence-corrected chi connectivity index (χ3v) is 4.27. The van der Waals surface area contributed by atoms with Gasteiger partial charge in [0.25, 0.3) is 0 Å². The molecule has 14 heavy (non-hydrogen) atoms. The van der Waals surface area contributed by atoms with E-state index < -0.39 is 0 Å². The number of hydrogen-bond donors (Lipinski definition) is 1. The number of anilines is 1. The van der Waals surface area contributed by atoms with E-state index in [1.165, 1.54) is 6.42 Å². The van der Waals surface area contributed by atoms with E-state index in [-0.39, 0.29) is 0 Å². The third kappa shape index (κ3) is 2.59. The van der Waals surface area contributed by atoms with Crippen molar-refractivity contribution in [2.24, 2.45) is 0 Å². The van der Waals surface area contributed by atoms with Crippen molar-refractivity contribution in [1.82, 2.24) is 10.2 Å². The molecule has 4 nitrogen and oxygen atoms in total. The highest BCUT2D eigenvalue weighted by Gasteiger charge is 2.17. The molecule has 1 aliphatic heterocycles. The highest BCUT2D eigenvalue weighted by Crippen LogP contribution is 2.31. The Morgan fingerprint density at radius 2 is 2.50 bits per heavy atom. The zero-order valence-electron chi connectivity index (χ0n) is 8.02. The van der Waals surface area contributed by atoms with Crippen LogP contribution in [0, 0.1) is 0 Å². The van der Waals surface area contributed by atoms with E-state index in [1.807, 2.05) is 7.05 Å². The Bertz CT molecular complexity index is 286.